The van der Waals surface area contributed by atoms with Crippen LogP contribution in [0.1, 0.15) is 15.9 Å². The number of hydrogen-bond donors (Lipinski definition) is 5. The Labute approximate surface area is 78.3 Å². The van der Waals surface area contributed by atoms with Crippen molar-refractivity contribution in [3.63, 3.8) is 0 Å². The van der Waals surface area contributed by atoms with E-state index < -0.39 is 34.5 Å². The van der Waals surface area contributed by atoms with Crippen LogP contribution in [0, 0.1) is 6.92 Å². The Bertz CT molecular complexity index is 380. The van der Waals surface area contributed by atoms with Crippen molar-refractivity contribution in [3.05, 3.63) is 11.1 Å². The largest absolute Gasteiger partial charge is 0.504 e. The second kappa shape index (κ2) is 2.99. The molecular weight excluding hydrogens is 192 g/mol. The molecule has 0 spiro atoms. The Morgan fingerprint density at radius 2 is 1.36 bits per heavy atom. The molecule has 76 valence electrons. The zero-order valence-corrected chi connectivity index (χ0v) is 7.14. The Kier molecular flexibility index (Phi) is 2.13. The molecule has 0 aliphatic heterocycles. The van der Waals surface area contributed by atoms with Crippen LogP contribution in [0.3, 0.4) is 0 Å². The number of phenolic OH excluding ortho intramolecular Hbond substituents is 3. The van der Waals surface area contributed by atoms with E-state index in [-0.39, 0.29) is 5.56 Å². The summed E-state index contributed by atoms with van der Waals surface area (Å²) < 4.78 is 0. The number of carboxylic acids is 1. The van der Waals surface area contributed by atoms with Crippen molar-refractivity contribution in [1.82, 2.24) is 0 Å². The molecule has 0 bridgehead atoms. The lowest BCUT2D eigenvalue weighted by molar-refractivity contribution is 0.0691. The zero-order valence-electron chi connectivity index (χ0n) is 7.14. The maximum Gasteiger partial charge on any atom is 0.340 e. The van der Waals surface area contributed by atoms with Gasteiger partial charge in [-0.05, 0) is 6.92 Å². The second-order valence-corrected chi connectivity index (χ2v) is 2.70. The first kappa shape index (κ1) is 9.97. The van der Waals surface area contributed by atoms with Crippen LogP contribution in [0.2, 0.25) is 0 Å². The third-order valence-electron chi connectivity index (χ3n) is 1.85. The van der Waals surface area contributed by atoms with Crippen LogP contribution in [-0.4, -0.2) is 31.5 Å². The number of carbonyl (C=O) groups is 1. The first-order valence-corrected chi connectivity index (χ1v) is 3.57. The molecule has 6 heteroatoms. The summed E-state index contributed by atoms with van der Waals surface area (Å²) in [5, 5.41) is 45.0. The topological polar surface area (TPSA) is 118 Å². The lowest BCUT2D eigenvalue weighted by Crippen LogP contribution is -2.00. The van der Waals surface area contributed by atoms with Crippen molar-refractivity contribution in [3.8, 4) is 23.0 Å². The van der Waals surface area contributed by atoms with Gasteiger partial charge in [-0.2, -0.15) is 0 Å². The van der Waals surface area contributed by atoms with Crippen LogP contribution < -0.4 is 0 Å². The second-order valence-electron chi connectivity index (χ2n) is 2.70. The first-order chi connectivity index (χ1) is 6.37. The van der Waals surface area contributed by atoms with Crippen molar-refractivity contribution in [2.75, 3.05) is 0 Å². The average Bonchev–Trinajstić information content (AvgIpc) is 2.11. The summed E-state index contributed by atoms with van der Waals surface area (Å²) in [6, 6.07) is 0. The standard InChI is InChI=1S/C8H8O6/c1-2-3(8(13)14)5(10)7(12)6(11)4(2)9/h9-12H,1H3,(H,13,14). The molecular formula is C8H8O6. The van der Waals surface area contributed by atoms with E-state index in [1.807, 2.05) is 0 Å². The number of rotatable bonds is 1. The molecule has 0 saturated heterocycles. The molecule has 0 saturated carbocycles. The molecule has 1 rings (SSSR count). The summed E-state index contributed by atoms with van der Waals surface area (Å²) in [5.74, 6) is -5.23. The van der Waals surface area contributed by atoms with Gasteiger partial charge in [-0.15, -0.1) is 0 Å². The fourth-order valence-corrected chi connectivity index (χ4v) is 1.08. The van der Waals surface area contributed by atoms with Gasteiger partial charge in [0.2, 0.25) is 11.5 Å². The predicted molar refractivity (Wildman–Crippen MR) is 44.8 cm³/mol. The molecule has 0 aliphatic rings. The monoisotopic (exact) mass is 200 g/mol. The van der Waals surface area contributed by atoms with Gasteiger partial charge in [-0.3, -0.25) is 0 Å². The van der Waals surface area contributed by atoms with Crippen molar-refractivity contribution in [1.29, 1.82) is 0 Å². The van der Waals surface area contributed by atoms with Crippen LogP contribution in [-0.2, 0) is 0 Å². The van der Waals surface area contributed by atoms with Crippen LogP contribution in [0.15, 0.2) is 0 Å². The molecule has 14 heavy (non-hydrogen) atoms. The third kappa shape index (κ3) is 1.17. The molecule has 5 N–H and O–H groups in total. The van der Waals surface area contributed by atoms with E-state index in [1.165, 1.54) is 6.92 Å². The highest BCUT2D eigenvalue weighted by atomic mass is 16.4. The van der Waals surface area contributed by atoms with Crippen molar-refractivity contribution >= 4 is 5.97 Å². The van der Waals surface area contributed by atoms with Crippen LogP contribution >= 0.6 is 0 Å². The van der Waals surface area contributed by atoms with Gasteiger partial charge in [0.1, 0.15) is 5.56 Å². The lowest BCUT2D eigenvalue weighted by atomic mass is 10.0. The number of aromatic hydroxyl groups is 4. The van der Waals surface area contributed by atoms with Crippen molar-refractivity contribution in [2.45, 2.75) is 6.92 Å². The Morgan fingerprint density at radius 1 is 0.929 bits per heavy atom. The van der Waals surface area contributed by atoms with Gasteiger partial charge in [-0.1, -0.05) is 0 Å². The van der Waals surface area contributed by atoms with E-state index in [2.05, 4.69) is 0 Å². The van der Waals surface area contributed by atoms with Crippen LogP contribution in [0.25, 0.3) is 0 Å². The maximum atomic E-state index is 10.6. The molecule has 0 atom stereocenters. The molecule has 0 heterocycles. The van der Waals surface area contributed by atoms with Gasteiger partial charge in [0, 0.05) is 5.56 Å². The van der Waals surface area contributed by atoms with E-state index >= 15 is 0 Å². The summed E-state index contributed by atoms with van der Waals surface area (Å²) in [6.07, 6.45) is 0. The molecule has 0 aliphatic carbocycles. The molecule has 0 unspecified atom stereocenters. The van der Waals surface area contributed by atoms with E-state index in [4.69, 9.17) is 25.5 Å². The highest BCUT2D eigenvalue weighted by molar-refractivity contribution is 5.95. The third-order valence-corrected chi connectivity index (χ3v) is 1.85. The number of benzene rings is 1. The average molecular weight is 200 g/mol. The minimum atomic E-state index is -1.51. The van der Waals surface area contributed by atoms with E-state index in [0.29, 0.717) is 0 Å². The SMILES string of the molecule is Cc1c(O)c(O)c(O)c(O)c1C(=O)O. The Balaban J connectivity index is 3.68. The Hall–Kier alpha value is -2.11. The first-order valence-electron chi connectivity index (χ1n) is 3.57. The minimum Gasteiger partial charge on any atom is -0.504 e. The lowest BCUT2D eigenvalue weighted by Gasteiger charge is -2.09. The Morgan fingerprint density at radius 3 is 1.79 bits per heavy atom. The van der Waals surface area contributed by atoms with E-state index in [1.54, 1.807) is 0 Å². The quantitative estimate of drug-likeness (QED) is 0.333. The maximum absolute atomic E-state index is 10.6. The number of phenols is 4. The molecule has 0 aromatic heterocycles. The number of hydrogen-bond acceptors (Lipinski definition) is 5. The molecule has 0 fully saturated rings. The van der Waals surface area contributed by atoms with Gasteiger partial charge >= 0.3 is 5.97 Å². The highest BCUT2D eigenvalue weighted by Crippen LogP contribution is 2.46. The normalized spacial score (nSPS) is 10.1. The summed E-state index contributed by atoms with van der Waals surface area (Å²) in [5.41, 5.74) is -0.858. The summed E-state index contributed by atoms with van der Waals surface area (Å²) in [7, 11) is 0. The summed E-state index contributed by atoms with van der Waals surface area (Å²) >= 11 is 0. The minimum absolute atomic E-state index is 0.217. The van der Waals surface area contributed by atoms with Crippen LogP contribution in [0.4, 0.5) is 0 Å². The smallest absolute Gasteiger partial charge is 0.340 e. The summed E-state index contributed by atoms with van der Waals surface area (Å²) in [6.45, 7) is 1.19. The van der Waals surface area contributed by atoms with Gasteiger partial charge in [0.05, 0.1) is 0 Å². The van der Waals surface area contributed by atoms with E-state index in [0.717, 1.165) is 0 Å². The van der Waals surface area contributed by atoms with E-state index in [9.17, 15) is 4.79 Å². The highest BCUT2D eigenvalue weighted by Gasteiger charge is 2.24. The molecule has 6 nitrogen and oxygen atoms in total. The number of aromatic carboxylic acids is 1. The number of carboxylic acid groups (broad SMARTS) is 1. The molecule has 1 aromatic carbocycles. The van der Waals surface area contributed by atoms with Gasteiger partial charge in [0.25, 0.3) is 0 Å². The fourth-order valence-electron chi connectivity index (χ4n) is 1.08. The van der Waals surface area contributed by atoms with Crippen molar-refractivity contribution < 1.29 is 30.3 Å². The molecule has 0 radical (unpaired) electrons. The van der Waals surface area contributed by atoms with Gasteiger partial charge in [-0.25, -0.2) is 4.79 Å². The van der Waals surface area contributed by atoms with Gasteiger partial charge < -0.3 is 25.5 Å². The molecule has 1 aromatic rings. The van der Waals surface area contributed by atoms with Crippen LogP contribution in [0.5, 0.6) is 23.0 Å². The summed E-state index contributed by atoms with van der Waals surface area (Å²) in [4.78, 5) is 10.6. The zero-order chi connectivity index (χ0) is 11.0. The molecule has 0 amide bonds. The van der Waals surface area contributed by atoms with Crippen molar-refractivity contribution in [2.24, 2.45) is 0 Å². The van der Waals surface area contributed by atoms with Gasteiger partial charge in [0.15, 0.2) is 11.5 Å². The fraction of sp³-hybridized carbons (Fsp3) is 0.125. The predicted octanol–water partition coefficient (Wildman–Crippen LogP) is 0.516.